The lowest BCUT2D eigenvalue weighted by atomic mass is 10.1. The largest absolute Gasteiger partial charge is 0.352 e. The Morgan fingerprint density at radius 2 is 1.80 bits per heavy atom. The first kappa shape index (κ1) is 17.2. The van der Waals surface area contributed by atoms with E-state index in [4.69, 9.17) is 0 Å². The molecule has 0 bridgehead atoms. The number of carbonyl (C=O) groups is 1. The molecule has 4 nitrogen and oxygen atoms in total. The normalized spacial score (nSPS) is 10.4. The van der Waals surface area contributed by atoms with Gasteiger partial charge in [0.25, 0.3) is 0 Å². The predicted octanol–water partition coefficient (Wildman–Crippen LogP) is 3.94. The number of pyridine rings is 2. The second-order valence-corrected chi connectivity index (χ2v) is 6.64. The van der Waals surface area contributed by atoms with Gasteiger partial charge in [0, 0.05) is 47.8 Å². The third kappa shape index (κ3) is 5.43. The number of benzene rings is 1. The van der Waals surface area contributed by atoms with Crippen molar-refractivity contribution in [3.05, 3.63) is 78.8 Å². The van der Waals surface area contributed by atoms with Crippen LogP contribution in [0.4, 0.5) is 0 Å². The summed E-state index contributed by atoms with van der Waals surface area (Å²) in [6.07, 6.45) is 5.76. The molecule has 0 fully saturated rings. The van der Waals surface area contributed by atoms with E-state index >= 15 is 0 Å². The van der Waals surface area contributed by atoms with E-state index < -0.39 is 0 Å². The minimum atomic E-state index is 0.0608. The fourth-order valence-electron chi connectivity index (χ4n) is 2.33. The van der Waals surface area contributed by atoms with Crippen LogP contribution in [-0.4, -0.2) is 21.6 Å². The molecule has 2 heterocycles. The average molecular weight is 349 g/mol. The molecule has 0 saturated heterocycles. The van der Waals surface area contributed by atoms with Gasteiger partial charge in [0.1, 0.15) is 0 Å². The maximum absolute atomic E-state index is 12.0. The zero-order valence-corrected chi connectivity index (χ0v) is 14.6. The molecule has 0 aliphatic rings. The first-order valence-corrected chi connectivity index (χ1v) is 9.10. The molecule has 0 saturated carbocycles. The fourth-order valence-corrected chi connectivity index (χ4v) is 3.20. The van der Waals surface area contributed by atoms with Crippen LogP contribution in [-0.2, 0) is 11.3 Å². The summed E-state index contributed by atoms with van der Waals surface area (Å²) in [6.45, 7) is 0.509. The van der Waals surface area contributed by atoms with Crippen LogP contribution < -0.4 is 5.32 Å². The van der Waals surface area contributed by atoms with Crippen LogP contribution in [0, 0.1) is 0 Å². The molecule has 126 valence electrons. The number of carbonyl (C=O) groups excluding carboxylic acids is 1. The standard InChI is InChI=1S/C20H19N3OS/c24-20(9-13-25-18-4-2-1-3-5-18)23-15-16-6-12-22-19(14-16)17-7-10-21-11-8-17/h1-8,10-12,14H,9,13,15H2,(H,23,24). The van der Waals surface area contributed by atoms with E-state index in [0.29, 0.717) is 13.0 Å². The van der Waals surface area contributed by atoms with Crippen LogP contribution in [0.5, 0.6) is 0 Å². The van der Waals surface area contributed by atoms with Crippen molar-refractivity contribution in [1.82, 2.24) is 15.3 Å². The summed E-state index contributed by atoms with van der Waals surface area (Å²) in [7, 11) is 0. The summed E-state index contributed by atoms with van der Waals surface area (Å²) in [5.74, 6) is 0.833. The van der Waals surface area contributed by atoms with Gasteiger partial charge in [0.15, 0.2) is 0 Å². The van der Waals surface area contributed by atoms with E-state index in [1.165, 1.54) is 4.90 Å². The van der Waals surface area contributed by atoms with E-state index in [-0.39, 0.29) is 5.91 Å². The predicted molar refractivity (Wildman–Crippen MR) is 101 cm³/mol. The molecule has 0 aliphatic carbocycles. The number of hydrogen-bond donors (Lipinski definition) is 1. The lowest BCUT2D eigenvalue weighted by molar-refractivity contribution is -0.120. The summed E-state index contributed by atoms with van der Waals surface area (Å²) in [5.41, 5.74) is 2.93. The summed E-state index contributed by atoms with van der Waals surface area (Å²) in [5, 5.41) is 2.97. The van der Waals surface area contributed by atoms with Gasteiger partial charge < -0.3 is 5.32 Å². The molecule has 0 spiro atoms. The van der Waals surface area contributed by atoms with Crippen molar-refractivity contribution in [2.45, 2.75) is 17.9 Å². The SMILES string of the molecule is O=C(CCSc1ccccc1)NCc1ccnc(-c2ccncc2)c1. The number of nitrogens with zero attached hydrogens (tertiary/aromatic N) is 2. The van der Waals surface area contributed by atoms with Crippen LogP contribution in [0.15, 0.2) is 78.1 Å². The van der Waals surface area contributed by atoms with E-state index in [2.05, 4.69) is 27.4 Å². The molecule has 0 aliphatic heterocycles. The maximum atomic E-state index is 12.0. The van der Waals surface area contributed by atoms with Gasteiger partial charge in [-0.05, 0) is 42.0 Å². The van der Waals surface area contributed by atoms with Crippen LogP contribution in [0.2, 0.25) is 0 Å². The lowest BCUT2D eigenvalue weighted by Gasteiger charge is -2.07. The van der Waals surface area contributed by atoms with Crippen molar-refractivity contribution in [3.8, 4) is 11.3 Å². The van der Waals surface area contributed by atoms with Gasteiger partial charge in [0.2, 0.25) is 5.91 Å². The third-order valence-electron chi connectivity index (χ3n) is 3.63. The number of nitrogens with one attached hydrogen (secondary N) is 1. The highest BCUT2D eigenvalue weighted by Crippen LogP contribution is 2.18. The molecular formula is C20H19N3OS. The van der Waals surface area contributed by atoms with Crippen LogP contribution in [0.1, 0.15) is 12.0 Å². The molecule has 3 aromatic rings. The van der Waals surface area contributed by atoms with Crippen molar-refractivity contribution in [2.24, 2.45) is 0 Å². The monoisotopic (exact) mass is 349 g/mol. The van der Waals surface area contributed by atoms with Crippen LogP contribution in [0.3, 0.4) is 0 Å². The van der Waals surface area contributed by atoms with Gasteiger partial charge in [0.05, 0.1) is 5.69 Å². The highest BCUT2D eigenvalue weighted by atomic mass is 32.2. The zero-order chi connectivity index (χ0) is 17.3. The lowest BCUT2D eigenvalue weighted by Crippen LogP contribution is -2.23. The molecule has 5 heteroatoms. The molecule has 0 atom stereocenters. The Hall–Kier alpha value is -2.66. The summed E-state index contributed by atoms with van der Waals surface area (Å²) in [6, 6.07) is 17.9. The maximum Gasteiger partial charge on any atom is 0.221 e. The topological polar surface area (TPSA) is 54.9 Å². The fraction of sp³-hybridized carbons (Fsp3) is 0.150. The van der Waals surface area contributed by atoms with Crippen molar-refractivity contribution < 1.29 is 4.79 Å². The Labute approximate surface area is 151 Å². The quantitative estimate of drug-likeness (QED) is 0.657. The Balaban J connectivity index is 1.47. The molecular weight excluding hydrogens is 330 g/mol. The highest BCUT2D eigenvalue weighted by Gasteiger charge is 2.04. The van der Waals surface area contributed by atoms with E-state index in [1.807, 2.05) is 42.5 Å². The van der Waals surface area contributed by atoms with E-state index in [9.17, 15) is 4.79 Å². The van der Waals surface area contributed by atoms with Gasteiger partial charge in [-0.15, -0.1) is 11.8 Å². The summed E-state index contributed by atoms with van der Waals surface area (Å²) < 4.78 is 0. The molecule has 3 rings (SSSR count). The first-order valence-electron chi connectivity index (χ1n) is 8.11. The molecule has 1 aromatic carbocycles. The number of hydrogen-bond acceptors (Lipinski definition) is 4. The zero-order valence-electron chi connectivity index (χ0n) is 13.8. The van der Waals surface area contributed by atoms with Crippen molar-refractivity contribution in [3.63, 3.8) is 0 Å². The van der Waals surface area contributed by atoms with Crippen molar-refractivity contribution >= 4 is 17.7 Å². The average Bonchev–Trinajstić information content (AvgIpc) is 2.68. The van der Waals surface area contributed by atoms with Crippen LogP contribution >= 0.6 is 11.8 Å². The summed E-state index contributed by atoms with van der Waals surface area (Å²) >= 11 is 1.69. The molecule has 0 radical (unpaired) electrons. The van der Waals surface area contributed by atoms with Gasteiger partial charge >= 0.3 is 0 Å². The van der Waals surface area contributed by atoms with Gasteiger partial charge in [-0.2, -0.15) is 0 Å². The van der Waals surface area contributed by atoms with Gasteiger partial charge in [-0.1, -0.05) is 18.2 Å². The summed E-state index contributed by atoms with van der Waals surface area (Å²) in [4.78, 5) is 21.6. The smallest absolute Gasteiger partial charge is 0.221 e. The number of aromatic nitrogens is 2. The Kier molecular flexibility index (Phi) is 6.17. The first-order chi connectivity index (χ1) is 12.3. The Morgan fingerprint density at radius 3 is 2.60 bits per heavy atom. The number of rotatable bonds is 7. The number of amides is 1. The molecule has 1 N–H and O–H groups in total. The molecule has 0 unspecified atom stereocenters. The van der Waals surface area contributed by atoms with Crippen molar-refractivity contribution in [2.75, 3.05) is 5.75 Å². The Morgan fingerprint density at radius 1 is 1.00 bits per heavy atom. The molecule has 1 amide bonds. The second kappa shape index (κ2) is 8.99. The van der Waals surface area contributed by atoms with E-state index in [0.717, 1.165) is 22.6 Å². The Bertz CT molecular complexity index is 809. The third-order valence-corrected chi connectivity index (χ3v) is 4.64. The molecule has 25 heavy (non-hydrogen) atoms. The molecule has 2 aromatic heterocycles. The van der Waals surface area contributed by atoms with Crippen LogP contribution in [0.25, 0.3) is 11.3 Å². The van der Waals surface area contributed by atoms with Crippen molar-refractivity contribution in [1.29, 1.82) is 0 Å². The van der Waals surface area contributed by atoms with Gasteiger partial charge in [-0.3, -0.25) is 14.8 Å². The minimum Gasteiger partial charge on any atom is -0.352 e. The minimum absolute atomic E-state index is 0.0608. The second-order valence-electron chi connectivity index (χ2n) is 5.47. The highest BCUT2D eigenvalue weighted by molar-refractivity contribution is 7.99. The van der Waals surface area contributed by atoms with E-state index in [1.54, 1.807) is 30.4 Å². The number of thioether (sulfide) groups is 1. The van der Waals surface area contributed by atoms with Gasteiger partial charge in [-0.25, -0.2) is 0 Å².